The van der Waals surface area contributed by atoms with Gasteiger partial charge >= 0.3 is 5.97 Å². The molecule has 0 bridgehead atoms. The maximum absolute atomic E-state index is 11.0. The Kier molecular flexibility index (Phi) is 14.1. The van der Waals surface area contributed by atoms with Crippen molar-refractivity contribution in [2.45, 2.75) is 96.5 Å². The summed E-state index contributed by atoms with van der Waals surface area (Å²) >= 11 is 1.84. The Hall–Kier alpha value is -1.13. The highest BCUT2D eigenvalue weighted by molar-refractivity contribution is 7.12. The number of aliphatic hydroxyl groups excluding tert-OH is 1. The summed E-state index contributed by atoms with van der Waals surface area (Å²) in [5.41, 5.74) is 0. The molecule has 0 spiro atoms. The lowest BCUT2D eigenvalue weighted by Gasteiger charge is -2.03. The maximum Gasteiger partial charge on any atom is 0.305 e. The zero-order chi connectivity index (χ0) is 19.7. The molecule has 0 saturated heterocycles. The van der Waals surface area contributed by atoms with Gasteiger partial charge in [-0.05, 0) is 43.9 Å². The lowest BCUT2D eigenvalue weighted by Crippen LogP contribution is -2.00. The van der Waals surface area contributed by atoms with Crippen molar-refractivity contribution >= 4 is 23.4 Å². The van der Waals surface area contributed by atoms with Gasteiger partial charge in [0.25, 0.3) is 0 Å². The molecule has 1 N–H and O–H groups in total. The molecule has 4 heteroatoms. The van der Waals surface area contributed by atoms with Crippen molar-refractivity contribution in [2.75, 3.05) is 7.11 Å². The van der Waals surface area contributed by atoms with Gasteiger partial charge in [0.05, 0.1) is 13.2 Å². The molecule has 1 aromatic heterocycles. The van der Waals surface area contributed by atoms with Gasteiger partial charge in [-0.15, -0.1) is 11.3 Å². The topological polar surface area (TPSA) is 46.5 Å². The van der Waals surface area contributed by atoms with E-state index in [4.69, 9.17) is 0 Å². The molecule has 1 atom stereocenters. The zero-order valence-electron chi connectivity index (χ0n) is 17.3. The van der Waals surface area contributed by atoms with Crippen molar-refractivity contribution in [1.29, 1.82) is 0 Å². The van der Waals surface area contributed by atoms with E-state index in [-0.39, 0.29) is 12.1 Å². The van der Waals surface area contributed by atoms with Crippen LogP contribution in [0.5, 0.6) is 0 Å². The molecular formula is C23H38O3S. The molecule has 0 aliphatic carbocycles. The van der Waals surface area contributed by atoms with Crippen molar-refractivity contribution in [3.63, 3.8) is 0 Å². The summed E-state index contributed by atoms with van der Waals surface area (Å²) in [4.78, 5) is 13.7. The van der Waals surface area contributed by atoms with Gasteiger partial charge in [-0.25, -0.2) is 0 Å². The second-order valence-electron chi connectivity index (χ2n) is 7.28. The van der Waals surface area contributed by atoms with Crippen LogP contribution in [0.1, 0.15) is 93.7 Å². The van der Waals surface area contributed by atoms with Crippen LogP contribution in [0, 0.1) is 0 Å². The standard InChI is InChI=1S/C23H38O3S/c1-3-4-10-13-20(24)16-17-22-19-18-21(27-22)14-11-8-6-5-7-9-12-15-23(25)26-2/h16-20,24H,3-15H2,1-2H3. The second kappa shape index (κ2) is 15.9. The second-order valence-corrected chi connectivity index (χ2v) is 8.48. The molecule has 0 fully saturated rings. The first kappa shape index (κ1) is 23.9. The third kappa shape index (κ3) is 12.8. The van der Waals surface area contributed by atoms with Gasteiger partial charge in [0.15, 0.2) is 0 Å². The van der Waals surface area contributed by atoms with E-state index in [0.717, 1.165) is 32.1 Å². The Balaban J connectivity index is 2.06. The monoisotopic (exact) mass is 394 g/mol. The normalized spacial score (nSPS) is 12.6. The third-order valence-electron chi connectivity index (χ3n) is 4.80. The van der Waals surface area contributed by atoms with Crippen molar-refractivity contribution in [1.82, 2.24) is 0 Å². The van der Waals surface area contributed by atoms with Crippen LogP contribution in [-0.2, 0) is 16.0 Å². The molecule has 3 nitrogen and oxygen atoms in total. The van der Waals surface area contributed by atoms with Gasteiger partial charge in [-0.2, -0.15) is 0 Å². The van der Waals surface area contributed by atoms with Crippen molar-refractivity contribution in [3.05, 3.63) is 28.0 Å². The summed E-state index contributed by atoms with van der Waals surface area (Å²) in [6, 6.07) is 4.39. The van der Waals surface area contributed by atoms with E-state index in [2.05, 4.69) is 29.9 Å². The first-order chi connectivity index (χ1) is 13.2. The highest BCUT2D eigenvalue weighted by atomic mass is 32.1. The van der Waals surface area contributed by atoms with Gasteiger partial charge < -0.3 is 9.84 Å². The van der Waals surface area contributed by atoms with Crippen LogP contribution in [-0.4, -0.2) is 24.3 Å². The van der Waals surface area contributed by atoms with Crippen molar-refractivity contribution in [3.8, 4) is 0 Å². The molecule has 1 heterocycles. The number of thiophene rings is 1. The number of aryl methyl sites for hydroxylation is 1. The lowest BCUT2D eigenvalue weighted by molar-refractivity contribution is -0.140. The fraction of sp³-hybridized carbons (Fsp3) is 0.696. The highest BCUT2D eigenvalue weighted by Gasteiger charge is 2.02. The van der Waals surface area contributed by atoms with Crippen LogP contribution in [0.3, 0.4) is 0 Å². The summed E-state index contributed by atoms with van der Waals surface area (Å²) in [6.45, 7) is 2.18. The average molecular weight is 395 g/mol. The van der Waals surface area contributed by atoms with Gasteiger partial charge in [-0.3, -0.25) is 4.79 Å². The number of aliphatic hydroxyl groups is 1. The Morgan fingerprint density at radius 1 is 1.07 bits per heavy atom. The predicted molar refractivity (Wildman–Crippen MR) is 116 cm³/mol. The Morgan fingerprint density at radius 2 is 1.78 bits per heavy atom. The molecule has 0 aromatic carbocycles. The number of hydrogen-bond acceptors (Lipinski definition) is 4. The number of methoxy groups -OCH3 is 1. The molecule has 27 heavy (non-hydrogen) atoms. The summed E-state index contributed by atoms with van der Waals surface area (Å²) in [5, 5.41) is 9.96. The van der Waals surface area contributed by atoms with Crippen LogP contribution in [0.15, 0.2) is 18.2 Å². The van der Waals surface area contributed by atoms with Gasteiger partial charge in [0, 0.05) is 16.2 Å². The Bertz CT molecular complexity index is 521. The van der Waals surface area contributed by atoms with Crippen molar-refractivity contribution in [2.24, 2.45) is 0 Å². The largest absolute Gasteiger partial charge is 0.469 e. The Labute approximate surface area is 169 Å². The average Bonchev–Trinajstić information content (AvgIpc) is 3.12. The summed E-state index contributed by atoms with van der Waals surface area (Å²) in [6.07, 6.45) is 18.1. The third-order valence-corrected chi connectivity index (χ3v) is 5.91. The minimum atomic E-state index is -0.310. The number of carbonyl (C=O) groups is 1. The fourth-order valence-corrected chi connectivity index (χ4v) is 4.05. The molecule has 1 aromatic rings. The number of unbranched alkanes of at least 4 members (excludes halogenated alkanes) is 8. The number of ether oxygens (including phenoxy) is 1. The smallest absolute Gasteiger partial charge is 0.305 e. The first-order valence-electron chi connectivity index (χ1n) is 10.7. The maximum atomic E-state index is 11.0. The molecule has 0 radical (unpaired) electrons. The molecule has 1 unspecified atom stereocenters. The SMILES string of the molecule is CCCCCC(O)C=Cc1ccc(CCCCCCCCCC(=O)OC)s1. The summed E-state index contributed by atoms with van der Waals surface area (Å²) < 4.78 is 4.65. The van der Waals surface area contributed by atoms with Gasteiger partial charge in [0.1, 0.15) is 0 Å². The lowest BCUT2D eigenvalue weighted by atomic mass is 10.1. The highest BCUT2D eigenvalue weighted by Crippen LogP contribution is 2.21. The van der Waals surface area contributed by atoms with E-state index < -0.39 is 0 Å². The van der Waals surface area contributed by atoms with E-state index in [1.807, 2.05) is 17.4 Å². The molecule has 0 aliphatic rings. The van der Waals surface area contributed by atoms with Crippen LogP contribution < -0.4 is 0 Å². The Morgan fingerprint density at radius 3 is 2.48 bits per heavy atom. The quantitative estimate of drug-likeness (QED) is 0.256. The summed E-state index contributed by atoms with van der Waals surface area (Å²) in [5.74, 6) is -0.0915. The molecule has 0 aliphatic heterocycles. The van der Waals surface area contributed by atoms with Crippen LogP contribution in [0.25, 0.3) is 6.08 Å². The minimum absolute atomic E-state index is 0.0915. The molecule has 1 rings (SSSR count). The zero-order valence-corrected chi connectivity index (χ0v) is 18.1. The molecule has 0 saturated carbocycles. The molecule has 0 amide bonds. The minimum Gasteiger partial charge on any atom is -0.469 e. The number of carbonyl (C=O) groups excluding carboxylic acids is 1. The van der Waals surface area contributed by atoms with E-state index in [9.17, 15) is 9.90 Å². The van der Waals surface area contributed by atoms with E-state index in [1.54, 1.807) is 0 Å². The first-order valence-corrected chi connectivity index (χ1v) is 11.5. The number of hydrogen-bond donors (Lipinski definition) is 1. The van der Waals surface area contributed by atoms with Crippen LogP contribution >= 0.6 is 11.3 Å². The van der Waals surface area contributed by atoms with Crippen LogP contribution in [0.4, 0.5) is 0 Å². The van der Waals surface area contributed by atoms with Crippen LogP contribution in [0.2, 0.25) is 0 Å². The van der Waals surface area contributed by atoms with E-state index >= 15 is 0 Å². The van der Waals surface area contributed by atoms with Crippen molar-refractivity contribution < 1.29 is 14.6 Å². The van der Waals surface area contributed by atoms with Gasteiger partial charge in [-0.1, -0.05) is 64.4 Å². The number of rotatable bonds is 16. The predicted octanol–water partition coefficient (Wildman–Crippen LogP) is 6.54. The summed E-state index contributed by atoms with van der Waals surface area (Å²) in [7, 11) is 1.45. The molecule has 154 valence electrons. The van der Waals surface area contributed by atoms with Gasteiger partial charge in [0.2, 0.25) is 0 Å². The number of esters is 1. The molecular weight excluding hydrogens is 356 g/mol. The van der Waals surface area contributed by atoms with E-state index in [1.165, 1.54) is 61.8 Å². The fourth-order valence-electron chi connectivity index (χ4n) is 3.08. The van der Waals surface area contributed by atoms with E-state index in [0.29, 0.717) is 6.42 Å².